The molecule has 0 spiro atoms. The summed E-state index contributed by atoms with van der Waals surface area (Å²) in [5, 5.41) is 0.607. The average molecular weight is 513 g/mol. The van der Waals surface area contributed by atoms with Crippen molar-refractivity contribution >= 4 is 46.0 Å². The smallest absolute Gasteiger partial charge is 0.271 e. The molecule has 10 heteroatoms. The maximum absolute atomic E-state index is 13.9. The lowest BCUT2D eigenvalue weighted by molar-refractivity contribution is -0.131. The van der Waals surface area contributed by atoms with Crippen LogP contribution >= 0.6 is 23.2 Å². The molecule has 0 saturated heterocycles. The second-order valence-corrected chi connectivity index (χ2v) is 10.9. The Balaban J connectivity index is 1.39. The van der Waals surface area contributed by atoms with Crippen LogP contribution in [0.3, 0.4) is 0 Å². The van der Waals surface area contributed by atoms with Gasteiger partial charge in [0.2, 0.25) is 6.79 Å². The number of halogens is 2. The number of hydrogen-bond acceptors (Lipinski definition) is 6. The summed E-state index contributed by atoms with van der Waals surface area (Å²) in [7, 11) is 0. The van der Waals surface area contributed by atoms with E-state index in [0.29, 0.717) is 39.7 Å². The molecule has 2 bridgehead atoms. The Labute approximate surface area is 211 Å². The highest BCUT2D eigenvalue weighted by atomic mass is 35.5. The van der Waals surface area contributed by atoms with E-state index in [4.69, 9.17) is 42.6 Å². The lowest BCUT2D eigenvalue weighted by Crippen LogP contribution is -2.55. The minimum absolute atomic E-state index is 0.153. The number of carbonyl (C=O) groups excluding carboxylic acids is 2. The van der Waals surface area contributed by atoms with E-state index in [2.05, 4.69) is 31.6 Å². The van der Waals surface area contributed by atoms with Crippen LogP contribution in [0, 0.1) is 5.41 Å². The molecule has 0 radical (unpaired) electrons. The second-order valence-electron chi connectivity index (χ2n) is 10.0. The minimum Gasteiger partial charge on any atom is -0.454 e. The predicted molar refractivity (Wildman–Crippen MR) is 130 cm³/mol. The third-order valence-electron chi connectivity index (χ3n) is 8.38. The molecule has 3 aromatic rings. The van der Waals surface area contributed by atoms with Crippen LogP contribution < -0.4 is 20.3 Å². The van der Waals surface area contributed by atoms with Crippen LogP contribution in [0.5, 0.6) is 11.5 Å². The SMILES string of the molecule is CC12CCC(C(=O)NNC(=O)c3ccc(Cl)cc3Cl)(c3nc4cc5c(cc4nc31)OCO5)C2(C)C. The fourth-order valence-electron chi connectivity index (χ4n) is 5.96. The number of benzene rings is 2. The third-order valence-corrected chi connectivity index (χ3v) is 8.93. The van der Waals surface area contributed by atoms with Gasteiger partial charge in [0, 0.05) is 22.6 Å². The monoisotopic (exact) mass is 512 g/mol. The highest BCUT2D eigenvalue weighted by Gasteiger charge is 2.73. The highest BCUT2D eigenvalue weighted by Crippen LogP contribution is 2.70. The standard InChI is InChI=1S/C25H22Cl2N4O4/c1-23(2)24(3)6-7-25(23,22(33)31-30-21(32)13-5-4-12(26)8-14(13)27)20-19(24)28-15-9-17-18(35-11-34-17)10-16(15)29-20/h4-5,8-10H,6-7,11H2,1-3H3,(H,30,32)(H,31,33). The summed E-state index contributed by atoms with van der Waals surface area (Å²) in [5.41, 5.74) is 6.27. The molecule has 3 aliphatic rings. The van der Waals surface area contributed by atoms with Crippen molar-refractivity contribution in [3.05, 3.63) is 57.3 Å². The molecule has 2 N–H and O–H groups in total. The Hall–Kier alpha value is -3.10. The molecule has 2 heterocycles. The summed E-state index contributed by atoms with van der Waals surface area (Å²) in [4.78, 5) is 36.5. The van der Waals surface area contributed by atoms with Crippen molar-refractivity contribution in [2.24, 2.45) is 5.41 Å². The first-order chi connectivity index (χ1) is 16.6. The number of nitrogens with zero attached hydrogens (tertiary/aromatic N) is 2. The molecule has 2 aliphatic carbocycles. The van der Waals surface area contributed by atoms with Gasteiger partial charge in [0.1, 0.15) is 5.41 Å². The molecule has 2 amide bonds. The van der Waals surface area contributed by atoms with Gasteiger partial charge >= 0.3 is 0 Å². The van der Waals surface area contributed by atoms with Crippen LogP contribution in [-0.4, -0.2) is 28.6 Å². The number of ether oxygens (including phenoxy) is 2. The van der Waals surface area contributed by atoms with Gasteiger partial charge in [-0.25, -0.2) is 9.97 Å². The number of rotatable bonds is 2. The van der Waals surface area contributed by atoms with E-state index in [1.807, 2.05) is 6.07 Å². The summed E-state index contributed by atoms with van der Waals surface area (Å²) < 4.78 is 11.0. The van der Waals surface area contributed by atoms with E-state index in [-0.39, 0.29) is 28.7 Å². The van der Waals surface area contributed by atoms with Gasteiger partial charge in [-0.3, -0.25) is 20.4 Å². The molecule has 1 aliphatic heterocycles. The van der Waals surface area contributed by atoms with Crippen LogP contribution in [0.1, 0.15) is 55.4 Å². The van der Waals surface area contributed by atoms with Gasteiger partial charge in [0.05, 0.1) is 33.0 Å². The molecular weight excluding hydrogens is 491 g/mol. The number of nitrogens with one attached hydrogen (secondary N) is 2. The van der Waals surface area contributed by atoms with E-state index in [9.17, 15) is 9.59 Å². The Kier molecular flexibility index (Phi) is 4.61. The fraction of sp³-hybridized carbons (Fsp3) is 0.360. The number of carbonyl (C=O) groups is 2. The summed E-state index contributed by atoms with van der Waals surface area (Å²) in [6.45, 7) is 6.42. The summed E-state index contributed by atoms with van der Waals surface area (Å²) in [6.07, 6.45) is 1.35. The highest BCUT2D eigenvalue weighted by molar-refractivity contribution is 6.36. The van der Waals surface area contributed by atoms with E-state index in [0.717, 1.165) is 12.1 Å². The van der Waals surface area contributed by atoms with Gasteiger partial charge in [-0.1, -0.05) is 44.0 Å². The number of hydrogen-bond donors (Lipinski definition) is 2. The van der Waals surface area contributed by atoms with Crippen molar-refractivity contribution in [3.8, 4) is 11.5 Å². The maximum Gasteiger partial charge on any atom is 0.271 e. The van der Waals surface area contributed by atoms with E-state index >= 15 is 0 Å². The number of fused-ring (bicyclic) bond motifs is 7. The Morgan fingerprint density at radius 1 is 0.914 bits per heavy atom. The normalized spacial score (nSPS) is 24.9. The van der Waals surface area contributed by atoms with Crippen molar-refractivity contribution in [1.82, 2.24) is 20.8 Å². The van der Waals surface area contributed by atoms with Gasteiger partial charge in [-0.2, -0.15) is 0 Å². The van der Waals surface area contributed by atoms with Gasteiger partial charge in [0.15, 0.2) is 11.5 Å². The minimum atomic E-state index is -0.980. The van der Waals surface area contributed by atoms with Gasteiger partial charge in [0.25, 0.3) is 11.8 Å². The molecule has 180 valence electrons. The van der Waals surface area contributed by atoms with Crippen LogP contribution in [0.15, 0.2) is 30.3 Å². The van der Waals surface area contributed by atoms with Gasteiger partial charge < -0.3 is 9.47 Å². The van der Waals surface area contributed by atoms with Crippen molar-refractivity contribution in [2.45, 2.75) is 44.4 Å². The molecule has 2 atom stereocenters. The Morgan fingerprint density at radius 3 is 2.23 bits per heavy atom. The first-order valence-corrected chi connectivity index (χ1v) is 12.0. The zero-order valence-corrected chi connectivity index (χ0v) is 20.8. The zero-order chi connectivity index (χ0) is 24.8. The largest absolute Gasteiger partial charge is 0.454 e. The topological polar surface area (TPSA) is 102 Å². The molecule has 1 fully saturated rings. The molecular formula is C25H22Cl2N4O4. The van der Waals surface area contributed by atoms with E-state index < -0.39 is 16.7 Å². The van der Waals surface area contributed by atoms with Crippen LogP contribution in [0.25, 0.3) is 11.0 Å². The summed E-state index contributed by atoms with van der Waals surface area (Å²) in [6, 6.07) is 8.17. The molecule has 1 aromatic heterocycles. The zero-order valence-electron chi connectivity index (χ0n) is 19.3. The van der Waals surface area contributed by atoms with Crippen LogP contribution in [0.2, 0.25) is 10.0 Å². The number of amides is 2. The molecule has 2 aromatic carbocycles. The molecule has 6 rings (SSSR count). The third kappa shape index (κ3) is 2.81. The maximum atomic E-state index is 13.9. The first-order valence-electron chi connectivity index (χ1n) is 11.3. The number of hydrazine groups is 1. The molecule has 1 saturated carbocycles. The average Bonchev–Trinajstić information content (AvgIpc) is 3.39. The van der Waals surface area contributed by atoms with E-state index in [1.54, 1.807) is 12.1 Å². The predicted octanol–water partition coefficient (Wildman–Crippen LogP) is 4.46. The second kappa shape index (κ2) is 7.21. The van der Waals surface area contributed by atoms with Crippen LogP contribution in [0.4, 0.5) is 0 Å². The fourth-order valence-corrected chi connectivity index (χ4v) is 6.45. The Bertz CT molecular complexity index is 1460. The number of aromatic nitrogens is 2. The molecule has 2 unspecified atom stereocenters. The van der Waals surface area contributed by atoms with Crippen molar-refractivity contribution in [3.63, 3.8) is 0 Å². The quantitative estimate of drug-likeness (QED) is 0.491. The lowest BCUT2D eigenvalue weighted by atomic mass is 9.63. The first kappa shape index (κ1) is 22.4. The Morgan fingerprint density at radius 2 is 1.57 bits per heavy atom. The van der Waals surface area contributed by atoms with E-state index in [1.165, 1.54) is 12.1 Å². The summed E-state index contributed by atoms with van der Waals surface area (Å²) in [5.74, 6) is 0.365. The molecule has 35 heavy (non-hydrogen) atoms. The van der Waals surface area contributed by atoms with Gasteiger partial charge in [-0.05, 0) is 36.5 Å². The van der Waals surface area contributed by atoms with Crippen molar-refractivity contribution < 1.29 is 19.1 Å². The lowest BCUT2D eigenvalue weighted by Gasteiger charge is -2.39. The summed E-state index contributed by atoms with van der Waals surface area (Å²) >= 11 is 12.1. The van der Waals surface area contributed by atoms with Crippen LogP contribution in [-0.2, 0) is 15.6 Å². The molecule has 8 nitrogen and oxygen atoms in total. The van der Waals surface area contributed by atoms with Crippen molar-refractivity contribution in [2.75, 3.05) is 6.79 Å². The van der Waals surface area contributed by atoms with Crippen molar-refractivity contribution in [1.29, 1.82) is 0 Å². The van der Waals surface area contributed by atoms with Gasteiger partial charge in [-0.15, -0.1) is 0 Å².